The molecule has 0 unspecified atom stereocenters. The van der Waals surface area contributed by atoms with Gasteiger partial charge in [-0.25, -0.2) is 0 Å². The number of nitrogens with zero attached hydrogens (tertiary/aromatic N) is 3. The Bertz CT molecular complexity index is 1210. The standard InChI is InChI=1S/C25H28ClN5O/c1-16-11-23(24(32-2)12-22(16)30-9-7-17(27)8-10-30)31-14-20(26)25(29-15-31)19-13-28-21-6-4-3-5-18(19)21/h3-6,11-14,17,28H,7-10,15,27H2,1-2H3. The van der Waals surface area contributed by atoms with Gasteiger partial charge >= 0.3 is 0 Å². The first-order valence-corrected chi connectivity index (χ1v) is 11.4. The molecule has 3 heterocycles. The molecule has 1 fully saturated rings. The number of para-hydroxylation sites is 1. The number of piperidine rings is 1. The van der Waals surface area contributed by atoms with Crippen LogP contribution in [0.2, 0.25) is 0 Å². The van der Waals surface area contributed by atoms with Gasteiger partial charge in [-0.1, -0.05) is 29.8 Å². The molecular formula is C25H28ClN5O. The second-order valence-electron chi connectivity index (χ2n) is 8.48. The van der Waals surface area contributed by atoms with E-state index in [0.29, 0.717) is 17.7 Å². The van der Waals surface area contributed by atoms with Crippen LogP contribution < -0.4 is 20.3 Å². The Morgan fingerprint density at radius 2 is 1.94 bits per heavy atom. The fourth-order valence-corrected chi connectivity index (χ4v) is 4.90. The van der Waals surface area contributed by atoms with Gasteiger partial charge in [0.05, 0.1) is 23.5 Å². The summed E-state index contributed by atoms with van der Waals surface area (Å²) in [5.41, 5.74) is 12.3. The Kier molecular flexibility index (Phi) is 5.57. The van der Waals surface area contributed by atoms with E-state index in [1.807, 2.05) is 29.4 Å². The fourth-order valence-electron chi connectivity index (χ4n) is 4.62. The van der Waals surface area contributed by atoms with E-state index < -0.39 is 0 Å². The summed E-state index contributed by atoms with van der Waals surface area (Å²) in [6.07, 6.45) is 5.95. The molecule has 1 saturated heterocycles. The summed E-state index contributed by atoms with van der Waals surface area (Å²) < 4.78 is 5.78. The minimum absolute atomic E-state index is 0.303. The highest BCUT2D eigenvalue weighted by Gasteiger charge is 2.23. The summed E-state index contributed by atoms with van der Waals surface area (Å²) in [5.74, 6) is 0.812. The second kappa shape index (κ2) is 8.52. The topological polar surface area (TPSA) is 69.9 Å². The van der Waals surface area contributed by atoms with Crippen molar-refractivity contribution in [3.63, 3.8) is 0 Å². The molecule has 0 amide bonds. The molecule has 0 saturated carbocycles. The first-order valence-electron chi connectivity index (χ1n) is 11.0. The lowest BCUT2D eigenvalue weighted by molar-refractivity contribution is 0.414. The number of anilines is 2. The van der Waals surface area contributed by atoms with Gasteiger partial charge in [0, 0.05) is 59.7 Å². The summed E-state index contributed by atoms with van der Waals surface area (Å²) in [4.78, 5) is 12.6. The molecule has 2 aliphatic rings. The van der Waals surface area contributed by atoms with E-state index in [0.717, 1.165) is 59.5 Å². The lowest BCUT2D eigenvalue weighted by Gasteiger charge is -2.34. The molecule has 3 N–H and O–H groups in total. The number of fused-ring (bicyclic) bond motifs is 1. The number of aromatic amines is 1. The number of nitrogens with two attached hydrogens (primary N) is 1. The van der Waals surface area contributed by atoms with Gasteiger partial charge in [0.15, 0.2) is 0 Å². The van der Waals surface area contributed by atoms with E-state index in [1.54, 1.807) is 7.11 Å². The van der Waals surface area contributed by atoms with Gasteiger partial charge in [-0.15, -0.1) is 0 Å². The fraction of sp³-hybridized carbons (Fsp3) is 0.320. The Morgan fingerprint density at radius 3 is 2.69 bits per heavy atom. The van der Waals surface area contributed by atoms with Crippen LogP contribution in [0.3, 0.4) is 0 Å². The summed E-state index contributed by atoms with van der Waals surface area (Å²) in [6.45, 7) is 4.55. The molecule has 1 aromatic heterocycles. The van der Waals surface area contributed by atoms with Crippen LogP contribution in [0.1, 0.15) is 24.0 Å². The number of benzene rings is 2. The lowest BCUT2D eigenvalue weighted by Crippen LogP contribution is -2.40. The molecule has 0 bridgehead atoms. The highest BCUT2D eigenvalue weighted by Crippen LogP contribution is 2.38. The van der Waals surface area contributed by atoms with Crippen molar-refractivity contribution in [3.8, 4) is 5.75 Å². The van der Waals surface area contributed by atoms with Crippen molar-refractivity contribution >= 4 is 39.6 Å². The zero-order valence-corrected chi connectivity index (χ0v) is 19.2. The van der Waals surface area contributed by atoms with Crippen LogP contribution >= 0.6 is 11.6 Å². The third-order valence-corrected chi connectivity index (χ3v) is 6.68. The van der Waals surface area contributed by atoms with Crippen LogP contribution in [-0.4, -0.2) is 43.6 Å². The van der Waals surface area contributed by atoms with Crippen molar-refractivity contribution in [2.45, 2.75) is 25.8 Å². The van der Waals surface area contributed by atoms with Gasteiger partial charge in [0.25, 0.3) is 0 Å². The normalized spacial score (nSPS) is 17.5. The molecule has 0 aliphatic carbocycles. The molecule has 0 radical (unpaired) electrons. The zero-order chi connectivity index (χ0) is 22.2. The van der Waals surface area contributed by atoms with E-state index in [1.165, 1.54) is 11.3 Å². The summed E-state index contributed by atoms with van der Waals surface area (Å²) in [6, 6.07) is 12.8. The zero-order valence-electron chi connectivity index (χ0n) is 18.4. The number of hydrogen-bond donors (Lipinski definition) is 2. The number of ether oxygens (including phenoxy) is 1. The maximum absolute atomic E-state index is 6.74. The third-order valence-electron chi connectivity index (χ3n) is 6.41. The Hall–Kier alpha value is -2.96. The van der Waals surface area contributed by atoms with E-state index in [2.05, 4.69) is 41.1 Å². The number of nitrogens with one attached hydrogen (secondary N) is 1. The van der Waals surface area contributed by atoms with Crippen molar-refractivity contribution in [2.75, 3.05) is 36.7 Å². The van der Waals surface area contributed by atoms with Crippen LogP contribution in [0.15, 0.2) is 58.8 Å². The maximum Gasteiger partial charge on any atom is 0.144 e. The van der Waals surface area contributed by atoms with Crippen molar-refractivity contribution in [1.82, 2.24) is 4.98 Å². The van der Waals surface area contributed by atoms with Crippen LogP contribution in [0.5, 0.6) is 5.75 Å². The lowest BCUT2D eigenvalue weighted by atomic mass is 10.0. The number of rotatable bonds is 4. The van der Waals surface area contributed by atoms with Gasteiger partial charge < -0.3 is 25.3 Å². The first-order chi connectivity index (χ1) is 15.5. The first kappa shape index (κ1) is 20.9. The van der Waals surface area contributed by atoms with Crippen LogP contribution in [0.4, 0.5) is 11.4 Å². The third kappa shape index (κ3) is 3.74. The SMILES string of the molecule is COc1cc(N2CCC(N)CC2)c(C)cc1N1C=C(Cl)C(c2c[nH]c3ccccc23)=NC1. The average molecular weight is 450 g/mol. The molecular weight excluding hydrogens is 422 g/mol. The molecule has 32 heavy (non-hydrogen) atoms. The van der Waals surface area contributed by atoms with Gasteiger partial charge in [0.2, 0.25) is 0 Å². The Balaban J connectivity index is 1.44. The average Bonchev–Trinajstić information content (AvgIpc) is 3.23. The van der Waals surface area contributed by atoms with Crippen molar-refractivity contribution in [1.29, 1.82) is 0 Å². The van der Waals surface area contributed by atoms with E-state index in [9.17, 15) is 0 Å². The Labute approximate surface area is 193 Å². The van der Waals surface area contributed by atoms with Crippen LogP contribution in [-0.2, 0) is 0 Å². The van der Waals surface area contributed by atoms with Crippen LogP contribution in [0, 0.1) is 6.92 Å². The summed E-state index contributed by atoms with van der Waals surface area (Å²) in [5, 5.41) is 1.72. The summed E-state index contributed by atoms with van der Waals surface area (Å²) >= 11 is 6.74. The van der Waals surface area contributed by atoms with Gasteiger partial charge in [-0.05, 0) is 37.5 Å². The molecule has 2 aliphatic heterocycles. The maximum atomic E-state index is 6.74. The van der Waals surface area contributed by atoms with Crippen molar-refractivity contribution < 1.29 is 4.74 Å². The predicted molar refractivity (Wildman–Crippen MR) is 133 cm³/mol. The smallest absolute Gasteiger partial charge is 0.144 e. The summed E-state index contributed by atoms with van der Waals surface area (Å²) in [7, 11) is 1.71. The number of methoxy groups -OCH3 is 1. The molecule has 7 heteroatoms. The molecule has 0 spiro atoms. The molecule has 5 rings (SSSR count). The van der Waals surface area contributed by atoms with E-state index in [-0.39, 0.29) is 0 Å². The molecule has 6 nitrogen and oxygen atoms in total. The number of aromatic nitrogens is 1. The van der Waals surface area contributed by atoms with E-state index >= 15 is 0 Å². The number of H-pyrrole nitrogens is 1. The van der Waals surface area contributed by atoms with Gasteiger partial charge in [-0.3, -0.25) is 4.99 Å². The monoisotopic (exact) mass is 449 g/mol. The number of allylic oxidation sites excluding steroid dienone is 1. The predicted octanol–water partition coefficient (Wildman–Crippen LogP) is 4.76. The molecule has 0 atom stereocenters. The molecule has 2 aromatic carbocycles. The van der Waals surface area contributed by atoms with Gasteiger partial charge in [-0.2, -0.15) is 0 Å². The highest BCUT2D eigenvalue weighted by atomic mass is 35.5. The molecule has 3 aromatic rings. The minimum Gasteiger partial charge on any atom is -0.494 e. The second-order valence-corrected chi connectivity index (χ2v) is 8.89. The largest absolute Gasteiger partial charge is 0.494 e. The minimum atomic E-state index is 0.303. The quantitative estimate of drug-likeness (QED) is 0.602. The molecule has 166 valence electrons. The van der Waals surface area contributed by atoms with Crippen LogP contribution in [0.25, 0.3) is 10.9 Å². The number of aliphatic imine (C=N–C) groups is 1. The Morgan fingerprint density at radius 1 is 1.16 bits per heavy atom. The number of aryl methyl sites for hydroxylation is 1. The number of hydrogen-bond acceptors (Lipinski definition) is 5. The van der Waals surface area contributed by atoms with E-state index in [4.69, 9.17) is 27.1 Å². The van der Waals surface area contributed by atoms with Gasteiger partial charge in [0.1, 0.15) is 12.4 Å². The van der Waals surface area contributed by atoms with Crippen molar-refractivity contribution in [3.05, 3.63) is 65.0 Å². The highest BCUT2D eigenvalue weighted by molar-refractivity contribution is 6.47. The van der Waals surface area contributed by atoms with Crippen molar-refractivity contribution in [2.24, 2.45) is 10.7 Å². The number of halogens is 1.